The van der Waals surface area contributed by atoms with E-state index in [0.717, 1.165) is 22.9 Å². The summed E-state index contributed by atoms with van der Waals surface area (Å²) >= 11 is 1.58. The predicted molar refractivity (Wildman–Crippen MR) is 78.5 cm³/mol. The molecule has 106 valence electrons. The van der Waals surface area contributed by atoms with Crippen molar-refractivity contribution in [2.45, 2.75) is 26.2 Å². The zero-order valence-electron chi connectivity index (χ0n) is 11.3. The van der Waals surface area contributed by atoms with Crippen LogP contribution in [0.1, 0.15) is 29.6 Å². The largest absolute Gasteiger partial charge is 0.494 e. The monoisotopic (exact) mass is 291 g/mol. The smallest absolute Gasteiger partial charge is 0.303 e. The molecule has 0 spiro atoms. The summed E-state index contributed by atoms with van der Waals surface area (Å²) in [4.78, 5) is 15.0. The van der Waals surface area contributed by atoms with Crippen LogP contribution in [0.25, 0.3) is 0 Å². The molecule has 0 aliphatic carbocycles. The third-order valence-corrected chi connectivity index (χ3v) is 3.68. The number of hydrogen-bond donors (Lipinski definition) is 1. The Balaban J connectivity index is 1.94. The molecule has 1 heterocycles. The van der Waals surface area contributed by atoms with Gasteiger partial charge in [0.25, 0.3) is 0 Å². The van der Waals surface area contributed by atoms with Crippen LogP contribution in [0.2, 0.25) is 0 Å². The Morgan fingerprint density at radius 3 is 2.75 bits per heavy atom. The molecule has 1 aromatic heterocycles. The molecule has 5 heteroatoms. The number of ether oxygens (including phenoxy) is 1. The van der Waals surface area contributed by atoms with Crippen LogP contribution in [0, 0.1) is 0 Å². The molecular weight excluding hydrogens is 274 g/mol. The van der Waals surface area contributed by atoms with E-state index in [9.17, 15) is 4.79 Å². The molecule has 0 bridgehead atoms. The van der Waals surface area contributed by atoms with Crippen LogP contribution in [0.4, 0.5) is 0 Å². The minimum Gasteiger partial charge on any atom is -0.494 e. The first-order valence-corrected chi connectivity index (χ1v) is 7.42. The molecule has 1 N–H and O–H groups in total. The van der Waals surface area contributed by atoms with Crippen molar-refractivity contribution in [3.8, 4) is 5.75 Å². The Morgan fingerprint density at radius 1 is 1.35 bits per heavy atom. The maximum atomic E-state index is 10.5. The van der Waals surface area contributed by atoms with E-state index >= 15 is 0 Å². The van der Waals surface area contributed by atoms with Crippen molar-refractivity contribution in [2.75, 3.05) is 6.61 Å². The molecule has 0 saturated carbocycles. The van der Waals surface area contributed by atoms with Gasteiger partial charge in [0.2, 0.25) is 0 Å². The average molecular weight is 291 g/mol. The lowest BCUT2D eigenvalue weighted by molar-refractivity contribution is -0.136. The van der Waals surface area contributed by atoms with Crippen molar-refractivity contribution in [1.29, 1.82) is 0 Å². The highest BCUT2D eigenvalue weighted by atomic mass is 32.1. The zero-order valence-corrected chi connectivity index (χ0v) is 12.2. The van der Waals surface area contributed by atoms with Crippen molar-refractivity contribution >= 4 is 17.3 Å². The van der Waals surface area contributed by atoms with E-state index < -0.39 is 5.97 Å². The molecule has 1 aromatic carbocycles. The Morgan fingerprint density at radius 2 is 2.10 bits per heavy atom. The van der Waals surface area contributed by atoms with Crippen molar-refractivity contribution in [1.82, 2.24) is 4.98 Å². The van der Waals surface area contributed by atoms with E-state index in [4.69, 9.17) is 9.84 Å². The van der Waals surface area contributed by atoms with E-state index in [1.165, 1.54) is 5.56 Å². The number of aromatic nitrogens is 1. The molecule has 0 aliphatic rings. The van der Waals surface area contributed by atoms with Crippen LogP contribution in [0.15, 0.2) is 29.6 Å². The van der Waals surface area contributed by atoms with Crippen LogP contribution < -0.4 is 4.74 Å². The number of nitrogens with zero attached hydrogens (tertiary/aromatic N) is 1. The summed E-state index contributed by atoms with van der Waals surface area (Å²) in [6.07, 6.45) is 1.39. The molecule has 0 atom stereocenters. The van der Waals surface area contributed by atoms with Crippen molar-refractivity contribution in [3.63, 3.8) is 0 Å². The molecule has 0 unspecified atom stereocenters. The number of benzene rings is 1. The average Bonchev–Trinajstić information content (AvgIpc) is 2.87. The van der Waals surface area contributed by atoms with Crippen molar-refractivity contribution in [3.05, 3.63) is 45.9 Å². The van der Waals surface area contributed by atoms with Gasteiger partial charge in [-0.05, 0) is 24.6 Å². The van der Waals surface area contributed by atoms with E-state index in [0.29, 0.717) is 13.0 Å². The normalized spacial score (nSPS) is 10.4. The third kappa shape index (κ3) is 4.35. The van der Waals surface area contributed by atoms with Crippen LogP contribution in [0.5, 0.6) is 5.75 Å². The molecule has 0 radical (unpaired) electrons. The molecule has 0 fully saturated rings. The Labute approximate surface area is 122 Å². The van der Waals surface area contributed by atoms with Gasteiger partial charge in [0.05, 0.1) is 23.7 Å². The first-order valence-electron chi connectivity index (χ1n) is 6.54. The highest BCUT2D eigenvalue weighted by molar-refractivity contribution is 7.09. The number of thiazole rings is 1. The third-order valence-electron chi connectivity index (χ3n) is 2.78. The van der Waals surface area contributed by atoms with Gasteiger partial charge in [-0.2, -0.15) is 0 Å². The molecule has 2 aromatic rings. The van der Waals surface area contributed by atoms with Gasteiger partial charge in [0.15, 0.2) is 0 Å². The van der Waals surface area contributed by atoms with Crippen LogP contribution in [-0.4, -0.2) is 22.7 Å². The van der Waals surface area contributed by atoms with Gasteiger partial charge in [-0.1, -0.05) is 12.1 Å². The minimum absolute atomic E-state index is 0.131. The Bertz CT molecular complexity index is 563. The lowest BCUT2D eigenvalue weighted by Crippen LogP contribution is -1.98. The summed E-state index contributed by atoms with van der Waals surface area (Å²) in [6, 6.07) is 7.97. The Kier molecular flexibility index (Phi) is 5.12. The van der Waals surface area contributed by atoms with Gasteiger partial charge in [-0.15, -0.1) is 11.3 Å². The van der Waals surface area contributed by atoms with Crippen LogP contribution in [0.3, 0.4) is 0 Å². The lowest BCUT2D eigenvalue weighted by Gasteiger charge is -2.03. The van der Waals surface area contributed by atoms with Gasteiger partial charge in [-0.3, -0.25) is 4.79 Å². The second-order valence-electron chi connectivity index (χ2n) is 4.38. The summed E-state index contributed by atoms with van der Waals surface area (Å²) in [5.41, 5.74) is 2.03. The fourth-order valence-corrected chi connectivity index (χ4v) is 2.69. The number of carboxylic acids is 1. The second kappa shape index (κ2) is 7.05. The maximum Gasteiger partial charge on any atom is 0.303 e. The van der Waals surface area contributed by atoms with Crippen LogP contribution in [-0.2, 0) is 17.6 Å². The second-order valence-corrected chi connectivity index (χ2v) is 5.32. The number of aliphatic carboxylic acids is 1. The molecule has 20 heavy (non-hydrogen) atoms. The van der Waals surface area contributed by atoms with E-state index in [2.05, 4.69) is 4.98 Å². The molecule has 0 amide bonds. The summed E-state index contributed by atoms with van der Waals surface area (Å²) in [5.74, 6) is 0.0867. The quantitative estimate of drug-likeness (QED) is 0.851. The van der Waals surface area contributed by atoms with E-state index in [-0.39, 0.29) is 6.42 Å². The topological polar surface area (TPSA) is 59.4 Å². The zero-order chi connectivity index (χ0) is 14.4. The van der Waals surface area contributed by atoms with Crippen molar-refractivity contribution in [2.24, 2.45) is 0 Å². The predicted octanol–water partition coefficient (Wildman–Crippen LogP) is 3.15. The first-order chi connectivity index (χ1) is 9.67. The summed E-state index contributed by atoms with van der Waals surface area (Å²) < 4.78 is 5.40. The van der Waals surface area contributed by atoms with Gasteiger partial charge < -0.3 is 9.84 Å². The lowest BCUT2D eigenvalue weighted by atomic mass is 10.1. The minimum atomic E-state index is -0.786. The molecule has 0 aliphatic heterocycles. The van der Waals surface area contributed by atoms with Crippen molar-refractivity contribution < 1.29 is 14.6 Å². The van der Waals surface area contributed by atoms with Gasteiger partial charge in [0, 0.05) is 18.2 Å². The standard InChI is InChI=1S/C15H17NO3S/c1-2-19-13-6-3-11(4-7-13)9-14-16-12(10-20-14)5-8-15(17)18/h3-4,6-7,10H,2,5,8-9H2,1H3,(H,17,18). The number of carbonyl (C=O) groups is 1. The molecule has 2 rings (SSSR count). The van der Waals surface area contributed by atoms with Gasteiger partial charge >= 0.3 is 5.97 Å². The van der Waals surface area contributed by atoms with Gasteiger partial charge in [0.1, 0.15) is 5.75 Å². The fraction of sp³-hybridized carbons (Fsp3) is 0.333. The highest BCUT2D eigenvalue weighted by Crippen LogP contribution is 2.18. The fourth-order valence-electron chi connectivity index (χ4n) is 1.82. The molecular formula is C15H17NO3S. The van der Waals surface area contributed by atoms with Gasteiger partial charge in [-0.25, -0.2) is 4.98 Å². The summed E-state index contributed by atoms with van der Waals surface area (Å²) in [7, 11) is 0. The van der Waals surface area contributed by atoms with E-state index in [1.807, 2.05) is 36.6 Å². The molecule has 0 saturated heterocycles. The summed E-state index contributed by atoms with van der Waals surface area (Å²) in [6.45, 7) is 2.63. The highest BCUT2D eigenvalue weighted by Gasteiger charge is 2.05. The maximum absolute atomic E-state index is 10.5. The van der Waals surface area contributed by atoms with Crippen LogP contribution >= 0.6 is 11.3 Å². The SMILES string of the molecule is CCOc1ccc(Cc2nc(CCC(=O)O)cs2)cc1. The molecule has 4 nitrogen and oxygen atoms in total. The van der Waals surface area contributed by atoms with E-state index in [1.54, 1.807) is 11.3 Å². The first kappa shape index (κ1) is 14.5. The number of hydrogen-bond acceptors (Lipinski definition) is 4. The number of carboxylic acid groups (broad SMARTS) is 1. The Hall–Kier alpha value is -1.88. The number of rotatable bonds is 7. The number of aryl methyl sites for hydroxylation is 1. The summed E-state index contributed by atoms with van der Waals surface area (Å²) in [5, 5.41) is 11.6.